The smallest absolute Gasteiger partial charge is 0.0602 e. The molecule has 1 saturated heterocycles. The summed E-state index contributed by atoms with van der Waals surface area (Å²) < 4.78 is 10.5. The third-order valence-electron chi connectivity index (χ3n) is 2.10. The first-order chi connectivity index (χ1) is 6.43. The third kappa shape index (κ3) is 5.47. The predicted octanol–water partition coefficient (Wildman–Crippen LogP) is 0.868. The van der Waals surface area contributed by atoms with E-state index in [4.69, 9.17) is 21.1 Å². The lowest BCUT2D eigenvalue weighted by molar-refractivity contribution is 0.148. The highest BCUT2D eigenvalue weighted by Crippen LogP contribution is 2.10. The molecular formula is C9H18ClNO2. The van der Waals surface area contributed by atoms with Gasteiger partial charge in [0.25, 0.3) is 0 Å². The molecule has 0 aliphatic carbocycles. The first-order valence-electron chi connectivity index (χ1n) is 4.85. The van der Waals surface area contributed by atoms with Crippen molar-refractivity contribution >= 4 is 11.6 Å². The lowest BCUT2D eigenvalue weighted by atomic mass is 10.1. The molecule has 0 aromatic heterocycles. The minimum Gasteiger partial charge on any atom is -0.381 e. The minimum absolute atomic E-state index is 0.580. The van der Waals surface area contributed by atoms with E-state index in [9.17, 15) is 0 Å². The van der Waals surface area contributed by atoms with Crippen LogP contribution in [0, 0.1) is 5.92 Å². The molecule has 1 aliphatic heterocycles. The van der Waals surface area contributed by atoms with Gasteiger partial charge in [-0.3, -0.25) is 0 Å². The Kier molecular flexibility index (Phi) is 6.54. The van der Waals surface area contributed by atoms with Crippen molar-refractivity contribution < 1.29 is 9.47 Å². The quantitative estimate of drug-likeness (QED) is 0.497. The summed E-state index contributed by atoms with van der Waals surface area (Å²) in [7, 11) is 0. The molecule has 0 radical (unpaired) electrons. The first kappa shape index (κ1) is 11.2. The van der Waals surface area contributed by atoms with Crippen LogP contribution in [0.15, 0.2) is 0 Å². The fourth-order valence-corrected chi connectivity index (χ4v) is 1.46. The Morgan fingerprint density at radius 2 is 2.38 bits per heavy atom. The highest BCUT2D eigenvalue weighted by Gasteiger charge is 2.14. The maximum absolute atomic E-state index is 5.46. The van der Waals surface area contributed by atoms with Gasteiger partial charge in [-0.15, -0.1) is 11.6 Å². The zero-order valence-corrected chi connectivity index (χ0v) is 8.68. The van der Waals surface area contributed by atoms with Crippen molar-refractivity contribution in [2.24, 2.45) is 5.92 Å². The van der Waals surface area contributed by atoms with Crippen molar-refractivity contribution in [2.75, 3.05) is 45.4 Å². The van der Waals surface area contributed by atoms with Crippen molar-refractivity contribution in [3.8, 4) is 0 Å². The van der Waals surface area contributed by atoms with E-state index in [-0.39, 0.29) is 0 Å². The van der Waals surface area contributed by atoms with Gasteiger partial charge in [-0.1, -0.05) is 0 Å². The summed E-state index contributed by atoms with van der Waals surface area (Å²) in [5.41, 5.74) is 0. The van der Waals surface area contributed by atoms with Gasteiger partial charge in [0.2, 0.25) is 0 Å². The molecule has 0 bridgehead atoms. The standard InChI is InChI=1S/C9H18ClNO2/c10-2-5-12-6-3-11-7-9-1-4-13-8-9/h9,11H,1-8H2. The number of ether oxygens (including phenoxy) is 2. The second-order valence-electron chi connectivity index (χ2n) is 3.24. The molecular weight excluding hydrogens is 190 g/mol. The van der Waals surface area contributed by atoms with E-state index in [1.54, 1.807) is 0 Å². The van der Waals surface area contributed by atoms with E-state index in [1.165, 1.54) is 6.42 Å². The normalized spacial score (nSPS) is 22.4. The summed E-state index contributed by atoms with van der Waals surface area (Å²) in [6.07, 6.45) is 1.19. The van der Waals surface area contributed by atoms with Gasteiger partial charge < -0.3 is 14.8 Å². The number of rotatable bonds is 7. The molecule has 1 fully saturated rings. The number of nitrogens with one attached hydrogen (secondary N) is 1. The van der Waals surface area contributed by atoms with Crippen molar-refractivity contribution in [1.29, 1.82) is 0 Å². The molecule has 3 nitrogen and oxygen atoms in total. The van der Waals surface area contributed by atoms with Crippen molar-refractivity contribution in [3.63, 3.8) is 0 Å². The summed E-state index contributed by atoms with van der Waals surface area (Å²) in [5, 5.41) is 3.34. The molecule has 13 heavy (non-hydrogen) atoms. The summed E-state index contributed by atoms with van der Waals surface area (Å²) in [5.74, 6) is 1.28. The van der Waals surface area contributed by atoms with Gasteiger partial charge in [0.1, 0.15) is 0 Å². The van der Waals surface area contributed by atoms with Gasteiger partial charge >= 0.3 is 0 Å². The SMILES string of the molecule is ClCCOCCNCC1CCOC1. The van der Waals surface area contributed by atoms with Crippen molar-refractivity contribution in [3.05, 3.63) is 0 Å². The van der Waals surface area contributed by atoms with Gasteiger partial charge in [-0.05, 0) is 12.3 Å². The van der Waals surface area contributed by atoms with E-state index in [2.05, 4.69) is 5.32 Å². The Labute approximate surface area is 84.7 Å². The molecule has 0 saturated carbocycles. The average molecular weight is 208 g/mol. The Morgan fingerprint density at radius 3 is 3.08 bits per heavy atom. The zero-order valence-electron chi connectivity index (χ0n) is 7.93. The van der Waals surface area contributed by atoms with Gasteiger partial charge in [0.05, 0.1) is 19.8 Å². The maximum atomic E-state index is 5.46. The van der Waals surface area contributed by atoms with E-state index >= 15 is 0 Å². The van der Waals surface area contributed by atoms with Crippen LogP contribution in [-0.4, -0.2) is 45.4 Å². The van der Waals surface area contributed by atoms with Crippen LogP contribution >= 0.6 is 11.6 Å². The first-order valence-corrected chi connectivity index (χ1v) is 5.39. The molecule has 0 aromatic rings. The Hall–Kier alpha value is 0.170. The Balaban J connectivity index is 1.78. The molecule has 78 valence electrons. The van der Waals surface area contributed by atoms with Crippen molar-refractivity contribution in [1.82, 2.24) is 5.32 Å². The third-order valence-corrected chi connectivity index (χ3v) is 2.26. The van der Waals surface area contributed by atoms with Gasteiger partial charge in [-0.2, -0.15) is 0 Å². The van der Waals surface area contributed by atoms with E-state index in [1.807, 2.05) is 0 Å². The zero-order chi connectivity index (χ0) is 9.36. The predicted molar refractivity (Wildman–Crippen MR) is 53.3 cm³/mol. The van der Waals surface area contributed by atoms with Gasteiger partial charge in [0, 0.05) is 25.6 Å². The van der Waals surface area contributed by atoms with Crippen LogP contribution in [0.1, 0.15) is 6.42 Å². The lowest BCUT2D eigenvalue weighted by Gasteiger charge is -2.08. The maximum Gasteiger partial charge on any atom is 0.0602 e. The summed E-state index contributed by atoms with van der Waals surface area (Å²) in [6, 6.07) is 0. The van der Waals surface area contributed by atoms with E-state index < -0.39 is 0 Å². The molecule has 1 unspecified atom stereocenters. The molecule has 0 amide bonds. The molecule has 4 heteroatoms. The van der Waals surface area contributed by atoms with Gasteiger partial charge in [-0.25, -0.2) is 0 Å². The van der Waals surface area contributed by atoms with E-state index in [0.29, 0.717) is 18.4 Å². The topological polar surface area (TPSA) is 30.5 Å². The summed E-state index contributed by atoms with van der Waals surface area (Å²) in [4.78, 5) is 0. The fourth-order valence-electron chi connectivity index (χ4n) is 1.35. The van der Waals surface area contributed by atoms with Crippen LogP contribution in [0.2, 0.25) is 0 Å². The number of hydrogen-bond donors (Lipinski definition) is 1. The second-order valence-corrected chi connectivity index (χ2v) is 3.61. The van der Waals surface area contributed by atoms with Crippen LogP contribution < -0.4 is 5.32 Å². The van der Waals surface area contributed by atoms with E-state index in [0.717, 1.165) is 32.9 Å². The largest absolute Gasteiger partial charge is 0.381 e. The van der Waals surface area contributed by atoms with Crippen LogP contribution in [-0.2, 0) is 9.47 Å². The highest BCUT2D eigenvalue weighted by molar-refractivity contribution is 6.17. The van der Waals surface area contributed by atoms with Crippen LogP contribution in [0.3, 0.4) is 0 Å². The molecule has 1 atom stereocenters. The van der Waals surface area contributed by atoms with Crippen LogP contribution in [0.4, 0.5) is 0 Å². The molecule has 0 aromatic carbocycles. The second kappa shape index (κ2) is 7.56. The Morgan fingerprint density at radius 1 is 1.46 bits per heavy atom. The fraction of sp³-hybridized carbons (Fsp3) is 1.00. The summed E-state index contributed by atoms with van der Waals surface area (Å²) >= 11 is 5.46. The van der Waals surface area contributed by atoms with Crippen LogP contribution in [0.5, 0.6) is 0 Å². The lowest BCUT2D eigenvalue weighted by Crippen LogP contribution is -2.26. The summed E-state index contributed by atoms with van der Waals surface area (Å²) in [6.45, 7) is 5.19. The highest BCUT2D eigenvalue weighted by atomic mass is 35.5. The number of alkyl halides is 1. The molecule has 1 aliphatic rings. The Bertz CT molecular complexity index is 118. The number of halogens is 1. The van der Waals surface area contributed by atoms with Crippen molar-refractivity contribution in [2.45, 2.75) is 6.42 Å². The van der Waals surface area contributed by atoms with Gasteiger partial charge in [0.15, 0.2) is 0 Å². The minimum atomic E-state index is 0.580. The molecule has 1 rings (SSSR count). The van der Waals surface area contributed by atoms with Crippen LogP contribution in [0.25, 0.3) is 0 Å². The molecule has 1 N–H and O–H groups in total. The number of hydrogen-bond acceptors (Lipinski definition) is 3. The average Bonchev–Trinajstić information content (AvgIpc) is 2.63. The monoisotopic (exact) mass is 207 g/mol. The molecule has 1 heterocycles. The molecule has 0 spiro atoms.